The van der Waals surface area contributed by atoms with E-state index in [1.807, 2.05) is 0 Å². The largest absolute Gasteiger partial charge is 0.490 e. The number of carbonyl (C=O) groups is 1. The molecule has 0 saturated heterocycles. The lowest BCUT2D eigenvalue weighted by Gasteiger charge is -2.33. The van der Waals surface area contributed by atoms with Crippen LogP contribution >= 0.6 is 0 Å². The molecule has 0 saturated carbocycles. The van der Waals surface area contributed by atoms with Crippen molar-refractivity contribution in [1.29, 1.82) is 0 Å². The Morgan fingerprint density at radius 1 is 0.320 bits per heavy atom. The van der Waals surface area contributed by atoms with Gasteiger partial charge in [-0.3, -0.25) is 0 Å². The molecule has 5 nitrogen and oxygen atoms in total. The number of ether oxygens (including phenoxy) is 3. The van der Waals surface area contributed by atoms with Crippen LogP contribution in [0.5, 0.6) is 17.2 Å². The van der Waals surface area contributed by atoms with Crippen LogP contribution in [0.15, 0.2) is 12.1 Å². The van der Waals surface area contributed by atoms with Crippen molar-refractivity contribution in [1.82, 2.24) is 0 Å². The van der Waals surface area contributed by atoms with Gasteiger partial charge in [-0.1, -0.05) is 77.0 Å². The summed E-state index contributed by atoms with van der Waals surface area (Å²) in [6.07, 6.45) is -29.4. The molecule has 1 rings (SSSR count). The molecule has 0 aliphatic heterocycles. The van der Waals surface area contributed by atoms with Crippen LogP contribution in [0.25, 0.3) is 0 Å². The Kier molecular flexibility index (Phi) is 24.6. The third kappa shape index (κ3) is 17.6. The van der Waals surface area contributed by atoms with Crippen LogP contribution in [-0.4, -0.2) is 103 Å². The van der Waals surface area contributed by atoms with Gasteiger partial charge in [0.25, 0.3) is 0 Å². The van der Waals surface area contributed by atoms with Gasteiger partial charge >= 0.3 is 77.8 Å². The first-order chi connectivity index (χ1) is 33.8. The van der Waals surface area contributed by atoms with Gasteiger partial charge in [0.15, 0.2) is 11.5 Å². The minimum atomic E-state index is -7.04. The topological polar surface area (TPSA) is 65.0 Å². The number of aromatic carboxylic acids is 1. The van der Waals surface area contributed by atoms with E-state index in [-0.39, 0.29) is 133 Å². The molecule has 442 valence electrons. The van der Waals surface area contributed by atoms with Gasteiger partial charge in [-0.2, -0.15) is 119 Å². The van der Waals surface area contributed by atoms with Crippen LogP contribution in [0.1, 0.15) is 145 Å². The molecular weight excluding hydrogens is 1110 g/mol. The van der Waals surface area contributed by atoms with Crippen molar-refractivity contribution < 1.29 is 143 Å². The maximum Gasteiger partial charge on any atom is 0.460 e. The van der Waals surface area contributed by atoms with E-state index in [0.29, 0.717) is 0 Å². The summed E-state index contributed by atoms with van der Waals surface area (Å²) in [4.78, 5) is 12.0. The molecule has 0 bridgehead atoms. The minimum Gasteiger partial charge on any atom is -0.490 e. The number of carboxylic acids is 1. The van der Waals surface area contributed by atoms with Gasteiger partial charge in [0.2, 0.25) is 5.75 Å². The second-order valence-electron chi connectivity index (χ2n) is 17.3. The SMILES string of the molecule is O=C(O)c1cc(OCCCCCCCCC(F)(F)C(F)(F)C(F)(F)C(F)(F)F)c(OCCCCCCCCC(F)(F)C(F)(F)C(F)(F)C(F)(F)F)c(OCCCCCCCCC(F)(F)C(F)(F)C(F)(F)C(F)(F)F)c1. The third-order valence-electron chi connectivity index (χ3n) is 11.3. The second-order valence-corrected chi connectivity index (χ2v) is 17.3. The average molecular weight is 1160 g/mol. The van der Waals surface area contributed by atoms with Gasteiger partial charge in [-0.25, -0.2) is 4.79 Å². The quantitative estimate of drug-likeness (QED) is 0.0531. The van der Waals surface area contributed by atoms with E-state index < -0.39 is 122 Å². The fourth-order valence-electron chi connectivity index (χ4n) is 6.76. The lowest BCUT2D eigenvalue weighted by atomic mass is 9.98. The molecule has 0 radical (unpaired) electrons. The molecule has 0 aliphatic rings. The summed E-state index contributed by atoms with van der Waals surface area (Å²) in [6, 6.07) is 1.94. The van der Waals surface area contributed by atoms with E-state index in [4.69, 9.17) is 14.2 Å². The molecule has 0 atom stereocenters. The van der Waals surface area contributed by atoms with E-state index in [0.717, 1.165) is 12.1 Å². The second kappa shape index (κ2) is 26.7. The standard InChI is InChI=1S/C43H51F27O5/c44-32(45,35(50,51)38(56,57)41(62,63)64)19-13-7-1-4-10-16-22-73-28-25-27(31(71)72)26-29(74-23-17-11-5-2-8-14-20-33(46,47)36(52,53)39(58,59)42(65,66)67)30(28)75-24-18-12-6-3-9-15-21-34(48,49)37(54,55)40(60,61)43(68,69)70/h25-26H,1-24H2,(H,71,72). The van der Waals surface area contributed by atoms with Crippen molar-refractivity contribution in [3.63, 3.8) is 0 Å². The minimum absolute atomic E-state index is 0.0107. The number of rotatable bonds is 37. The lowest BCUT2D eigenvalue weighted by molar-refractivity contribution is -0.396. The average Bonchev–Trinajstić information content (AvgIpc) is 3.25. The molecule has 0 aromatic heterocycles. The Labute approximate surface area is 410 Å². The number of benzene rings is 1. The van der Waals surface area contributed by atoms with Gasteiger partial charge in [0.1, 0.15) is 0 Å². The molecule has 1 aromatic rings. The number of carboxylic acid groups (broad SMARTS) is 1. The Hall–Kier alpha value is -3.80. The predicted octanol–water partition coefficient (Wildman–Crippen LogP) is 18.1. The Morgan fingerprint density at radius 2 is 0.533 bits per heavy atom. The molecular formula is C43H51F27O5. The van der Waals surface area contributed by atoms with E-state index in [1.165, 1.54) is 0 Å². The molecule has 0 unspecified atom stereocenters. The summed E-state index contributed by atoms with van der Waals surface area (Å²) in [7, 11) is 0. The van der Waals surface area contributed by atoms with Crippen LogP contribution < -0.4 is 14.2 Å². The molecule has 0 amide bonds. The van der Waals surface area contributed by atoms with Crippen LogP contribution in [0.2, 0.25) is 0 Å². The Bertz CT molecular complexity index is 1790. The smallest absolute Gasteiger partial charge is 0.460 e. The van der Waals surface area contributed by atoms with Gasteiger partial charge in [-0.15, -0.1) is 0 Å². The van der Waals surface area contributed by atoms with Gasteiger partial charge in [0.05, 0.1) is 25.4 Å². The van der Waals surface area contributed by atoms with Gasteiger partial charge in [0, 0.05) is 19.3 Å². The highest BCUT2D eigenvalue weighted by molar-refractivity contribution is 5.89. The van der Waals surface area contributed by atoms with Crippen molar-refractivity contribution >= 4 is 5.97 Å². The first kappa shape index (κ1) is 69.2. The molecule has 0 heterocycles. The van der Waals surface area contributed by atoms with Gasteiger partial charge in [-0.05, 0) is 50.7 Å². The summed E-state index contributed by atoms with van der Waals surface area (Å²) in [5, 5.41) is 9.72. The maximum absolute atomic E-state index is 13.8. The molecule has 1 N–H and O–H groups in total. The molecule has 0 fully saturated rings. The zero-order chi connectivity index (χ0) is 58.4. The fourth-order valence-corrected chi connectivity index (χ4v) is 6.76. The van der Waals surface area contributed by atoms with Crippen molar-refractivity contribution in [2.75, 3.05) is 19.8 Å². The highest BCUT2D eigenvalue weighted by Gasteiger charge is 2.83. The Morgan fingerprint density at radius 3 is 0.760 bits per heavy atom. The highest BCUT2D eigenvalue weighted by atomic mass is 19.4. The summed E-state index contributed by atoms with van der Waals surface area (Å²) in [5.74, 6) is -61.0. The highest BCUT2D eigenvalue weighted by Crippen LogP contribution is 2.57. The number of hydrogen-bond acceptors (Lipinski definition) is 4. The number of hydrogen-bond donors (Lipinski definition) is 1. The number of alkyl halides is 27. The summed E-state index contributed by atoms with van der Waals surface area (Å²) in [5.41, 5.74) is -0.469. The van der Waals surface area contributed by atoms with Crippen LogP contribution in [0.4, 0.5) is 119 Å². The van der Waals surface area contributed by atoms with Crippen molar-refractivity contribution in [2.45, 2.75) is 207 Å². The predicted molar refractivity (Wildman–Crippen MR) is 210 cm³/mol. The van der Waals surface area contributed by atoms with E-state index in [1.54, 1.807) is 0 Å². The molecule has 0 aliphatic carbocycles. The molecule has 0 spiro atoms. The van der Waals surface area contributed by atoms with E-state index >= 15 is 0 Å². The summed E-state index contributed by atoms with van der Waals surface area (Å²) < 4.78 is 371. The monoisotopic (exact) mass is 1160 g/mol. The van der Waals surface area contributed by atoms with Crippen molar-refractivity contribution in [3.8, 4) is 17.2 Å². The Balaban J connectivity index is 2.94. The third-order valence-corrected chi connectivity index (χ3v) is 11.3. The van der Waals surface area contributed by atoms with Crippen LogP contribution in [0.3, 0.4) is 0 Å². The first-order valence-corrected chi connectivity index (χ1v) is 22.7. The number of unbranched alkanes of at least 4 members (excludes halogenated alkanes) is 15. The fraction of sp³-hybridized carbons (Fsp3) is 0.837. The zero-order valence-electron chi connectivity index (χ0n) is 38.9. The molecule has 32 heteroatoms. The first-order valence-electron chi connectivity index (χ1n) is 22.7. The van der Waals surface area contributed by atoms with Crippen molar-refractivity contribution in [2.24, 2.45) is 0 Å². The summed E-state index contributed by atoms with van der Waals surface area (Å²) in [6.45, 7) is -0.778. The van der Waals surface area contributed by atoms with E-state index in [9.17, 15) is 128 Å². The van der Waals surface area contributed by atoms with Gasteiger partial charge < -0.3 is 19.3 Å². The van der Waals surface area contributed by atoms with Crippen LogP contribution in [0, 0.1) is 0 Å². The number of halogens is 27. The lowest BCUT2D eigenvalue weighted by Crippen LogP contribution is -2.60. The molecule has 75 heavy (non-hydrogen) atoms. The zero-order valence-corrected chi connectivity index (χ0v) is 38.9. The molecule has 1 aromatic carbocycles. The normalized spacial score (nSPS) is 14.4. The summed E-state index contributed by atoms with van der Waals surface area (Å²) >= 11 is 0. The van der Waals surface area contributed by atoms with Crippen molar-refractivity contribution in [3.05, 3.63) is 17.7 Å². The van der Waals surface area contributed by atoms with Crippen LogP contribution in [-0.2, 0) is 0 Å². The van der Waals surface area contributed by atoms with E-state index in [2.05, 4.69) is 0 Å². The maximum atomic E-state index is 13.8.